The van der Waals surface area contributed by atoms with Crippen LogP contribution in [0.2, 0.25) is 0 Å². The van der Waals surface area contributed by atoms with Gasteiger partial charge in [0, 0.05) is 17.2 Å². The first-order valence-corrected chi connectivity index (χ1v) is 7.35. The Morgan fingerprint density at radius 1 is 1.29 bits per heavy atom. The molecule has 3 rings (SSSR count). The van der Waals surface area contributed by atoms with Gasteiger partial charge in [-0.15, -0.1) is 0 Å². The Morgan fingerprint density at radius 3 is 2.81 bits per heavy atom. The Hall–Kier alpha value is -2.10. The minimum atomic E-state index is -0.456. The van der Waals surface area contributed by atoms with Crippen molar-refractivity contribution >= 4 is 17.6 Å². The molecule has 0 heterocycles. The molecular formula is C17H19NO3. The maximum absolute atomic E-state index is 11.8. The van der Waals surface area contributed by atoms with Gasteiger partial charge in [0.05, 0.1) is 6.61 Å². The summed E-state index contributed by atoms with van der Waals surface area (Å²) in [4.78, 5) is 23.1. The van der Waals surface area contributed by atoms with Gasteiger partial charge in [-0.3, -0.25) is 10.1 Å². The van der Waals surface area contributed by atoms with Gasteiger partial charge < -0.3 is 4.74 Å². The second-order valence-corrected chi connectivity index (χ2v) is 5.90. The van der Waals surface area contributed by atoms with Crippen LogP contribution < -0.4 is 5.32 Å². The van der Waals surface area contributed by atoms with Crippen molar-refractivity contribution in [3.8, 4) is 0 Å². The lowest BCUT2D eigenvalue weighted by Crippen LogP contribution is -2.21. The van der Waals surface area contributed by atoms with Crippen molar-refractivity contribution < 1.29 is 14.3 Å². The molecule has 4 heteroatoms. The lowest BCUT2D eigenvalue weighted by molar-refractivity contribution is 0.101. The van der Waals surface area contributed by atoms with Gasteiger partial charge in [0.1, 0.15) is 0 Å². The zero-order valence-corrected chi connectivity index (χ0v) is 12.0. The van der Waals surface area contributed by atoms with E-state index in [2.05, 4.69) is 17.5 Å². The first kappa shape index (κ1) is 13.9. The maximum Gasteiger partial charge on any atom is 0.411 e. The van der Waals surface area contributed by atoms with E-state index in [1.165, 1.54) is 13.3 Å². The number of fused-ring (bicyclic) bond motifs is 2. The molecule has 0 aromatic heterocycles. The number of rotatable bonds is 4. The fraction of sp³-hybridized carbons (Fsp3) is 0.412. The van der Waals surface area contributed by atoms with Crippen LogP contribution in [0.15, 0.2) is 36.4 Å². The summed E-state index contributed by atoms with van der Waals surface area (Å²) in [6, 6.07) is 6.87. The molecule has 1 aromatic rings. The molecule has 1 fully saturated rings. The van der Waals surface area contributed by atoms with E-state index in [-0.39, 0.29) is 5.78 Å². The number of allylic oxidation sites excluding steroid dienone is 2. The van der Waals surface area contributed by atoms with Gasteiger partial charge in [-0.25, -0.2) is 4.79 Å². The summed E-state index contributed by atoms with van der Waals surface area (Å²) in [7, 11) is 0. The van der Waals surface area contributed by atoms with E-state index in [9.17, 15) is 9.59 Å². The van der Waals surface area contributed by atoms with Crippen LogP contribution >= 0.6 is 0 Å². The standard InChI is InChI=1S/C17H19NO3/c1-11(19)13-3-2-4-16(9-13)18-17(20)21-10-15-8-12-5-6-14(15)7-12/h2-6,9,12,14-15H,7-8,10H2,1H3,(H,18,20)/t12-,14-,15-/m0/s1. The van der Waals surface area contributed by atoms with Gasteiger partial charge in [0.2, 0.25) is 0 Å². The Labute approximate surface area is 124 Å². The van der Waals surface area contributed by atoms with Gasteiger partial charge in [0.15, 0.2) is 5.78 Å². The van der Waals surface area contributed by atoms with Crippen molar-refractivity contribution in [2.24, 2.45) is 17.8 Å². The molecule has 4 nitrogen and oxygen atoms in total. The molecule has 2 aliphatic carbocycles. The summed E-state index contributed by atoms with van der Waals surface area (Å²) < 4.78 is 5.31. The lowest BCUT2D eigenvalue weighted by atomic mass is 9.95. The van der Waals surface area contributed by atoms with Crippen LogP contribution in [-0.4, -0.2) is 18.5 Å². The van der Waals surface area contributed by atoms with Crippen LogP contribution in [0.5, 0.6) is 0 Å². The molecule has 110 valence electrons. The summed E-state index contributed by atoms with van der Waals surface area (Å²) in [6.45, 7) is 1.96. The van der Waals surface area contributed by atoms with E-state index in [0.29, 0.717) is 35.6 Å². The third-order valence-corrected chi connectivity index (χ3v) is 4.36. The Bertz CT molecular complexity index is 593. The van der Waals surface area contributed by atoms with Crippen molar-refractivity contribution in [2.45, 2.75) is 19.8 Å². The van der Waals surface area contributed by atoms with Crippen molar-refractivity contribution in [1.82, 2.24) is 0 Å². The molecule has 2 bridgehead atoms. The number of carbonyl (C=O) groups is 2. The van der Waals surface area contributed by atoms with Crippen LogP contribution in [0.1, 0.15) is 30.1 Å². The topological polar surface area (TPSA) is 55.4 Å². The number of ether oxygens (including phenoxy) is 1. The molecule has 3 atom stereocenters. The predicted molar refractivity (Wildman–Crippen MR) is 80.3 cm³/mol. The van der Waals surface area contributed by atoms with Crippen LogP contribution in [0.4, 0.5) is 10.5 Å². The molecule has 2 aliphatic rings. The summed E-state index contributed by atoms with van der Waals surface area (Å²) in [5.74, 6) is 1.68. The number of amides is 1. The van der Waals surface area contributed by atoms with Crippen LogP contribution in [0.3, 0.4) is 0 Å². The minimum Gasteiger partial charge on any atom is -0.449 e. The largest absolute Gasteiger partial charge is 0.449 e. The van der Waals surface area contributed by atoms with E-state index in [1.807, 2.05) is 0 Å². The molecule has 1 amide bonds. The zero-order chi connectivity index (χ0) is 14.8. The monoisotopic (exact) mass is 285 g/mol. The number of anilines is 1. The van der Waals surface area contributed by atoms with Crippen molar-refractivity contribution in [2.75, 3.05) is 11.9 Å². The average Bonchev–Trinajstić information content (AvgIpc) is 3.08. The Balaban J connectivity index is 1.51. The number of Topliss-reactive ketones (excluding diaryl/α,β-unsaturated/α-hetero) is 1. The number of ketones is 1. The Kier molecular flexibility index (Phi) is 3.78. The number of hydrogen-bond donors (Lipinski definition) is 1. The molecule has 0 aliphatic heterocycles. The average molecular weight is 285 g/mol. The number of nitrogens with one attached hydrogen (secondary N) is 1. The van der Waals surface area contributed by atoms with E-state index >= 15 is 0 Å². The number of carbonyl (C=O) groups excluding carboxylic acids is 2. The van der Waals surface area contributed by atoms with E-state index in [1.54, 1.807) is 24.3 Å². The fourth-order valence-corrected chi connectivity index (χ4v) is 3.24. The third kappa shape index (κ3) is 3.15. The number of benzene rings is 1. The predicted octanol–water partition coefficient (Wildman–Crippen LogP) is 3.65. The van der Waals surface area contributed by atoms with Gasteiger partial charge in [-0.05, 0) is 43.7 Å². The van der Waals surface area contributed by atoms with Crippen molar-refractivity contribution in [3.05, 3.63) is 42.0 Å². The Morgan fingerprint density at radius 2 is 2.14 bits per heavy atom. The van der Waals surface area contributed by atoms with Crippen molar-refractivity contribution in [3.63, 3.8) is 0 Å². The maximum atomic E-state index is 11.8. The molecule has 1 saturated carbocycles. The fourth-order valence-electron chi connectivity index (χ4n) is 3.24. The van der Waals surface area contributed by atoms with Crippen LogP contribution in [0, 0.1) is 17.8 Å². The summed E-state index contributed by atoms with van der Waals surface area (Å²) in [6.07, 6.45) is 6.39. The SMILES string of the molecule is CC(=O)c1cccc(NC(=O)OC[C@@H]2C[C@H]3C=C[C@H]2C3)c1. The molecular weight excluding hydrogens is 266 g/mol. The van der Waals surface area contributed by atoms with Gasteiger partial charge >= 0.3 is 6.09 Å². The third-order valence-electron chi connectivity index (χ3n) is 4.36. The van der Waals surface area contributed by atoms with E-state index in [4.69, 9.17) is 4.74 Å². The highest BCUT2D eigenvalue weighted by Gasteiger charge is 2.36. The van der Waals surface area contributed by atoms with E-state index < -0.39 is 6.09 Å². The lowest BCUT2D eigenvalue weighted by Gasteiger charge is -2.17. The summed E-state index contributed by atoms with van der Waals surface area (Å²) in [5, 5.41) is 2.67. The van der Waals surface area contributed by atoms with E-state index in [0.717, 1.165) is 6.42 Å². The quantitative estimate of drug-likeness (QED) is 0.678. The van der Waals surface area contributed by atoms with Crippen molar-refractivity contribution in [1.29, 1.82) is 0 Å². The van der Waals surface area contributed by atoms with Crippen LogP contribution in [0.25, 0.3) is 0 Å². The molecule has 1 N–H and O–H groups in total. The zero-order valence-electron chi connectivity index (χ0n) is 12.0. The highest BCUT2D eigenvalue weighted by molar-refractivity contribution is 5.96. The highest BCUT2D eigenvalue weighted by Crippen LogP contribution is 2.43. The van der Waals surface area contributed by atoms with Gasteiger partial charge in [-0.1, -0.05) is 24.3 Å². The highest BCUT2D eigenvalue weighted by atomic mass is 16.5. The molecule has 21 heavy (non-hydrogen) atoms. The minimum absolute atomic E-state index is 0.0271. The van der Waals surface area contributed by atoms with Gasteiger partial charge in [0.25, 0.3) is 0 Å². The first-order chi connectivity index (χ1) is 10.1. The summed E-state index contributed by atoms with van der Waals surface area (Å²) in [5.41, 5.74) is 1.16. The second-order valence-electron chi connectivity index (χ2n) is 5.90. The smallest absolute Gasteiger partial charge is 0.411 e. The molecule has 0 saturated heterocycles. The number of hydrogen-bond acceptors (Lipinski definition) is 3. The molecule has 0 unspecified atom stereocenters. The normalized spacial score (nSPS) is 25.9. The second kappa shape index (κ2) is 5.72. The van der Waals surface area contributed by atoms with Crippen LogP contribution in [-0.2, 0) is 4.74 Å². The molecule has 1 aromatic carbocycles. The summed E-state index contributed by atoms with van der Waals surface area (Å²) >= 11 is 0. The molecule has 0 radical (unpaired) electrons. The van der Waals surface area contributed by atoms with Gasteiger partial charge in [-0.2, -0.15) is 0 Å². The first-order valence-electron chi connectivity index (χ1n) is 7.35. The molecule has 0 spiro atoms.